The van der Waals surface area contributed by atoms with Crippen LogP contribution in [0.4, 0.5) is 15.8 Å². The highest BCUT2D eigenvalue weighted by atomic mass is 79.9. The number of benzene rings is 1. The summed E-state index contributed by atoms with van der Waals surface area (Å²) in [5.74, 6) is -0.264. The summed E-state index contributed by atoms with van der Waals surface area (Å²) in [7, 11) is 0. The van der Waals surface area contributed by atoms with E-state index >= 15 is 0 Å². The monoisotopic (exact) mass is 280 g/mol. The van der Waals surface area contributed by atoms with Crippen molar-refractivity contribution >= 4 is 27.3 Å². The number of anilines is 2. The van der Waals surface area contributed by atoms with Crippen molar-refractivity contribution in [3.63, 3.8) is 0 Å². The van der Waals surface area contributed by atoms with E-state index in [1.165, 1.54) is 6.07 Å². The summed E-state index contributed by atoms with van der Waals surface area (Å²) in [6.07, 6.45) is 3.32. The fourth-order valence-corrected chi connectivity index (χ4v) is 1.72. The molecule has 0 unspecified atom stereocenters. The Hall–Kier alpha value is -1.42. The van der Waals surface area contributed by atoms with Crippen molar-refractivity contribution in [2.24, 2.45) is 0 Å². The lowest BCUT2D eigenvalue weighted by atomic mass is 10.2. The summed E-state index contributed by atoms with van der Waals surface area (Å²) in [6, 6.07) is 6.91. The van der Waals surface area contributed by atoms with Crippen LogP contribution < -0.4 is 5.32 Å². The van der Waals surface area contributed by atoms with E-state index in [9.17, 15) is 4.39 Å². The summed E-state index contributed by atoms with van der Waals surface area (Å²) in [4.78, 5) is 4.00. The maximum Gasteiger partial charge on any atom is 0.146 e. The molecule has 0 aliphatic rings. The van der Waals surface area contributed by atoms with Crippen LogP contribution in [0, 0.1) is 12.7 Å². The summed E-state index contributed by atoms with van der Waals surface area (Å²) in [6.45, 7) is 1.85. The zero-order chi connectivity index (χ0) is 11.5. The molecule has 16 heavy (non-hydrogen) atoms. The number of rotatable bonds is 2. The zero-order valence-corrected chi connectivity index (χ0v) is 10.3. The van der Waals surface area contributed by atoms with Crippen LogP contribution in [0.2, 0.25) is 0 Å². The normalized spacial score (nSPS) is 10.2. The molecule has 0 saturated heterocycles. The van der Waals surface area contributed by atoms with Crippen molar-refractivity contribution in [3.8, 4) is 0 Å². The molecule has 1 N–H and O–H groups in total. The van der Waals surface area contributed by atoms with E-state index in [1.54, 1.807) is 18.5 Å². The van der Waals surface area contributed by atoms with Crippen molar-refractivity contribution in [2.75, 3.05) is 5.32 Å². The molecule has 0 saturated carbocycles. The smallest absolute Gasteiger partial charge is 0.146 e. The van der Waals surface area contributed by atoms with Crippen LogP contribution in [-0.2, 0) is 0 Å². The Bertz CT molecular complexity index is 514. The van der Waals surface area contributed by atoms with Gasteiger partial charge in [0.05, 0.1) is 17.6 Å². The number of hydrogen-bond acceptors (Lipinski definition) is 2. The Kier molecular flexibility index (Phi) is 3.19. The van der Waals surface area contributed by atoms with Crippen LogP contribution in [0.25, 0.3) is 0 Å². The molecule has 2 aromatic rings. The molecule has 1 aromatic heterocycles. The van der Waals surface area contributed by atoms with E-state index in [-0.39, 0.29) is 5.82 Å². The van der Waals surface area contributed by atoms with Gasteiger partial charge in [-0.25, -0.2) is 4.39 Å². The molecule has 4 heteroatoms. The van der Waals surface area contributed by atoms with Crippen LogP contribution in [0.1, 0.15) is 5.56 Å². The number of pyridine rings is 1. The van der Waals surface area contributed by atoms with Gasteiger partial charge in [-0.2, -0.15) is 0 Å². The Morgan fingerprint density at radius 1 is 1.25 bits per heavy atom. The largest absolute Gasteiger partial charge is 0.352 e. The van der Waals surface area contributed by atoms with Crippen molar-refractivity contribution in [2.45, 2.75) is 6.92 Å². The second kappa shape index (κ2) is 4.61. The van der Waals surface area contributed by atoms with Crippen LogP contribution in [0.3, 0.4) is 0 Å². The van der Waals surface area contributed by atoms with Gasteiger partial charge in [-0.05, 0) is 46.6 Å². The van der Waals surface area contributed by atoms with Crippen molar-refractivity contribution < 1.29 is 4.39 Å². The minimum absolute atomic E-state index is 0.264. The first-order valence-electron chi connectivity index (χ1n) is 4.79. The average molecular weight is 281 g/mol. The Morgan fingerprint density at radius 3 is 2.75 bits per heavy atom. The molecule has 2 rings (SSSR count). The highest BCUT2D eigenvalue weighted by Gasteiger charge is 2.02. The van der Waals surface area contributed by atoms with Crippen LogP contribution in [-0.4, -0.2) is 4.98 Å². The first kappa shape index (κ1) is 11.1. The SMILES string of the molecule is Cc1ccc(Nc2cncc(Br)c2)c(F)c1. The van der Waals surface area contributed by atoms with E-state index in [1.807, 2.05) is 19.1 Å². The third kappa shape index (κ3) is 2.58. The van der Waals surface area contributed by atoms with Crippen LogP contribution in [0.15, 0.2) is 41.1 Å². The maximum absolute atomic E-state index is 13.5. The maximum atomic E-state index is 13.5. The number of aryl methyl sites for hydroxylation is 1. The third-order valence-electron chi connectivity index (χ3n) is 2.11. The van der Waals surface area contributed by atoms with Gasteiger partial charge in [-0.1, -0.05) is 6.07 Å². The minimum Gasteiger partial charge on any atom is -0.352 e. The highest BCUT2D eigenvalue weighted by molar-refractivity contribution is 9.10. The van der Waals surface area contributed by atoms with E-state index in [0.717, 1.165) is 15.7 Å². The fourth-order valence-electron chi connectivity index (χ4n) is 1.36. The first-order valence-corrected chi connectivity index (χ1v) is 5.58. The number of aromatic nitrogens is 1. The molecule has 0 atom stereocenters. The number of nitrogens with zero attached hydrogens (tertiary/aromatic N) is 1. The molecule has 2 nitrogen and oxygen atoms in total. The van der Waals surface area contributed by atoms with E-state index in [2.05, 4.69) is 26.2 Å². The molecule has 82 valence electrons. The number of halogens is 2. The zero-order valence-electron chi connectivity index (χ0n) is 8.67. The van der Waals surface area contributed by atoms with Gasteiger partial charge < -0.3 is 5.32 Å². The lowest BCUT2D eigenvalue weighted by Gasteiger charge is -2.07. The minimum atomic E-state index is -0.264. The molecular weight excluding hydrogens is 271 g/mol. The molecule has 0 amide bonds. The summed E-state index contributed by atoms with van der Waals surface area (Å²) >= 11 is 3.31. The van der Waals surface area contributed by atoms with Gasteiger partial charge in [0.15, 0.2) is 0 Å². The van der Waals surface area contributed by atoms with Gasteiger partial charge >= 0.3 is 0 Å². The predicted octanol–water partition coefficient (Wildman–Crippen LogP) is 4.04. The van der Waals surface area contributed by atoms with E-state index in [0.29, 0.717) is 5.69 Å². The molecule has 0 aliphatic carbocycles. The standard InChI is InChI=1S/C12H10BrFN2/c1-8-2-3-12(11(14)4-8)16-10-5-9(13)6-15-7-10/h2-7,16H,1H3. The third-order valence-corrected chi connectivity index (χ3v) is 2.54. The number of nitrogens with one attached hydrogen (secondary N) is 1. The van der Waals surface area contributed by atoms with Crippen molar-refractivity contribution in [3.05, 3.63) is 52.5 Å². The highest BCUT2D eigenvalue weighted by Crippen LogP contribution is 2.22. The molecule has 0 bridgehead atoms. The van der Waals surface area contributed by atoms with Crippen molar-refractivity contribution in [1.29, 1.82) is 0 Å². The molecular formula is C12H10BrFN2. The second-order valence-electron chi connectivity index (χ2n) is 3.50. The quantitative estimate of drug-likeness (QED) is 0.898. The predicted molar refractivity (Wildman–Crippen MR) is 66.4 cm³/mol. The van der Waals surface area contributed by atoms with Gasteiger partial charge in [0.2, 0.25) is 0 Å². The Morgan fingerprint density at radius 2 is 2.06 bits per heavy atom. The molecule has 0 fully saturated rings. The average Bonchev–Trinajstić information content (AvgIpc) is 2.22. The lowest BCUT2D eigenvalue weighted by Crippen LogP contribution is -1.94. The summed E-state index contributed by atoms with van der Waals surface area (Å²) in [5, 5.41) is 2.97. The number of hydrogen-bond donors (Lipinski definition) is 1. The molecule has 0 aliphatic heterocycles. The fraction of sp³-hybridized carbons (Fsp3) is 0.0833. The molecule has 0 spiro atoms. The van der Waals surface area contributed by atoms with Crippen LogP contribution in [0.5, 0.6) is 0 Å². The Balaban J connectivity index is 2.27. The van der Waals surface area contributed by atoms with Gasteiger partial charge in [-0.3, -0.25) is 4.98 Å². The first-order chi connectivity index (χ1) is 7.65. The van der Waals surface area contributed by atoms with Gasteiger partial charge in [0.25, 0.3) is 0 Å². The molecule has 1 heterocycles. The molecule has 1 aromatic carbocycles. The van der Waals surface area contributed by atoms with Gasteiger partial charge in [0.1, 0.15) is 5.82 Å². The van der Waals surface area contributed by atoms with Gasteiger partial charge in [-0.15, -0.1) is 0 Å². The summed E-state index contributed by atoms with van der Waals surface area (Å²) < 4.78 is 14.4. The lowest BCUT2D eigenvalue weighted by molar-refractivity contribution is 0.630. The Labute approximate surface area is 102 Å². The second-order valence-corrected chi connectivity index (χ2v) is 4.42. The van der Waals surface area contributed by atoms with Gasteiger partial charge in [0, 0.05) is 10.7 Å². The summed E-state index contributed by atoms with van der Waals surface area (Å²) in [5.41, 5.74) is 2.10. The topological polar surface area (TPSA) is 24.9 Å². The van der Waals surface area contributed by atoms with Crippen molar-refractivity contribution in [1.82, 2.24) is 4.98 Å². The molecule has 0 radical (unpaired) electrons. The van der Waals surface area contributed by atoms with E-state index in [4.69, 9.17) is 0 Å². The van der Waals surface area contributed by atoms with E-state index < -0.39 is 0 Å². The van der Waals surface area contributed by atoms with Crippen LogP contribution >= 0.6 is 15.9 Å².